The lowest BCUT2D eigenvalue weighted by molar-refractivity contribution is 0.121. The molecule has 0 aromatic carbocycles. The van der Waals surface area contributed by atoms with Crippen LogP contribution in [0.1, 0.15) is 45.4 Å². The van der Waals surface area contributed by atoms with E-state index in [0.29, 0.717) is 0 Å². The van der Waals surface area contributed by atoms with Crippen LogP contribution in [0, 0.1) is 0 Å². The summed E-state index contributed by atoms with van der Waals surface area (Å²) in [6, 6.07) is 0. The zero-order chi connectivity index (χ0) is 43.9. The molecule has 0 spiro atoms. The molecule has 0 aliphatic heterocycles. The Bertz CT molecular complexity index is 688. The van der Waals surface area contributed by atoms with Crippen molar-refractivity contribution in [3.05, 3.63) is 0 Å². The minimum atomic E-state index is -0.228. The molecule has 0 radical (unpaired) electrons. The molecule has 13 heteroatoms. The Labute approximate surface area is 353 Å². The number of aliphatic hydroxyl groups is 1. The number of aliphatic hydroxyl groups excluding tert-OH is 1. The normalized spacial score (nSPS) is 12.5. The lowest BCUT2D eigenvalue weighted by Crippen LogP contribution is -2.35. The highest BCUT2D eigenvalue weighted by Gasteiger charge is 2.08. The zero-order valence-electron chi connectivity index (χ0n) is 41.7. The Morgan fingerprint density at radius 2 is 0.571 bits per heavy atom. The lowest BCUT2D eigenvalue weighted by Gasteiger charge is -2.25. The summed E-state index contributed by atoms with van der Waals surface area (Å²) in [5.74, 6) is 0. The number of hydrogen-bond donors (Lipinski definition) is 2. The van der Waals surface area contributed by atoms with E-state index in [4.69, 9.17) is 0 Å². The standard InChI is InChI=1S/C13H31N3O.C11H27N3.C10H25N3.C9H23N3/c1-13(17)12-16(10-6-8-14(2)3)11-7-9-15(4)5;1-12(2)8-6-10-14(5)11-7-9-13(3)4;1-12(2)9-5-7-11-8-6-10-13(3)4;1-10(2)6-8-12(5)9-7-11(3)4/h13,17H,6-12H2,1-5H3;6-11H2,1-5H3;11H,5-10H2,1-4H3;6-9H2,1-5H3. The monoisotopic (exact) mass is 807 g/mol. The van der Waals surface area contributed by atoms with E-state index in [1.807, 2.05) is 6.92 Å². The van der Waals surface area contributed by atoms with Gasteiger partial charge in [-0.1, -0.05) is 0 Å². The van der Waals surface area contributed by atoms with E-state index in [1.165, 1.54) is 77.8 Å². The molecule has 0 aliphatic carbocycles. The van der Waals surface area contributed by atoms with Gasteiger partial charge in [0.15, 0.2) is 0 Å². The van der Waals surface area contributed by atoms with Gasteiger partial charge >= 0.3 is 0 Å². The Morgan fingerprint density at radius 1 is 0.321 bits per heavy atom. The largest absolute Gasteiger partial charge is 0.392 e. The lowest BCUT2D eigenvalue weighted by atomic mass is 10.2. The van der Waals surface area contributed by atoms with Gasteiger partial charge < -0.3 is 64.3 Å². The Balaban J connectivity index is -0.000000325. The second-order valence-electron chi connectivity index (χ2n) is 18.1. The van der Waals surface area contributed by atoms with Crippen molar-refractivity contribution in [2.75, 3.05) is 238 Å². The zero-order valence-corrected chi connectivity index (χ0v) is 41.7. The molecule has 0 fully saturated rings. The topological polar surface area (TPSA) is 67.9 Å². The van der Waals surface area contributed by atoms with Crippen molar-refractivity contribution in [1.29, 1.82) is 0 Å². The van der Waals surface area contributed by atoms with E-state index in [9.17, 15) is 5.11 Å². The van der Waals surface area contributed by atoms with E-state index in [2.05, 4.69) is 186 Å². The molecule has 0 heterocycles. The number of likely N-dealkylation sites (N-methyl/N-ethyl adjacent to an activating group) is 3. The highest BCUT2D eigenvalue weighted by Crippen LogP contribution is 1.99. The summed E-state index contributed by atoms with van der Waals surface area (Å²) in [6.45, 7) is 21.1. The summed E-state index contributed by atoms with van der Waals surface area (Å²) in [5.41, 5.74) is 0. The molecule has 1 atom stereocenters. The molecule has 0 aliphatic rings. The maximum atomic E-state index is 9.48. The molecule has 56 heavy (non-hydrogen) atoms. The molecular formula is C43H106N12O. The number of nitrogens with zero attached hydrogens (tertiary/aromatic N) is 11. The van der Waals surface area contributed by atoms with Crippen LogP contribution >= 0.6 is 0 Å². The maximum absolute atomic E-state index is 9.48. The van der Waals surface area contributed by atoms with Gasteiger partial charge in [0, 0.05) is 32.7 Å². The fourth-order valence-corrected chi connectivity index (χ4v) is 5.33. The highest BCUT2D eigenvalue weighted by molar-refractivity contribution is 4.64. The summed E-state index contributed by atoms with van der Waals surface area (Å²) < 4.78 is 0. The Hall–Kier alpha value is -0.520. The fourth-order valence-electron chi connectivity index (χ4n) is 5.33. The first kappa shape index (κ1) is 62.1. The van der Waals surface area contributed by atoms with Gasteiger partial charge in [-0.05, 0) is 251 Å². The van der Waals surface area contributed by atoms with Gasteiger partial charge in [-0.2, -0.15) is 0 Å². The number of hydrogen-bond acceptors (Lipinski definition) is 13. The number of rotatable bonds is 32. The molecule has 2 N–H and O–H groups in total. The van der Waals surface area contributed by atoms with Gasteiger partial charge in [0.1, 0.15) is 0 Å². The molecule has 0 saturated heterocycles. The summed E-state index contributed by atoms with van der Waals surface area (Å²) in [7, 11) is 38.2. The van der Waals surface area contributed by atoms with Crippen molar-refractivity contribution in [2.45, 2.75) is 51.6 Å². The van der Waals surface area contributed by atoms with Crippen LogP contribution in [0.2, 0.25) is 0 Å². The van der Waals surface area contributed by atoms with E-state index in [0.717, 1.165) is 72.0 Å². The molecule has 0 amide bonds. The molecule has 0 bridgehead atoms. The first-order valence-electron chi connectivity index (χ1n) is 21.7. The molecule has 344 valence electrons. The van der Waals surface area contributed by atoms with Crippen LogP contribution in [0.15, 0.2) is 0 Å². The van der Waals surface area contributed by atoms with Crippen LogP contribution in [-0.2, 0) is 0 Å². The quantitative estimate of drug-likeness (QED) is 0.0976. The van der Waals surface area contributed by atoms with Crippen LogP contribution in [0.25, 0.3) is 0 Å². The van der Waals surface area contributed by atoms with Gasteiger partial charge in [-0.15, -0.1) is 0 Å². The van der Waals surface area contributed by atoms with Gasteiger partial charge in [-0.25, -0.2) is 0 Å². The van der Waals surface area contributed by atoms with Crippen molar-refractivity contribution in [1.82, 2.24) is 59.2 Å². The van der Waals surface area contributed by atoms with E-state index in [1.54, 1.807) is 0 Å². The summed E-state index contributed by atoms with van der Waals surface area (Å²) in [4.78, 5) is 24.9. The summed E-state index contributed by atoms with van der Waals surface area (Å²) >= 11 is 0. The third-order valence-electron chi connectivity index (χ3n) is 8.75. The summed E-state index contributed by atoms with van der Waals surface area (Å²) in [6.07, 6.45) is 7.14. The molecule has 13 nitrogen and oxygen atoms in total. The molecule has 0 rings (SSSR count). The predicted molar refractivity (Wildman–Crippen MR) is 252 cm³/mol. The van der Waals surface area contributed by atoms with Gasteiger partial charge in [-0.3, -0.25) is 0 Å². The molecule has 0 aromatic rings. The van der Waals surface area contributed by atoms with E-state index in [-0.39, 0.29) is 6.10 Å². The van der Waals surface area contributed by atoms with Crippen molar-refractivity contribution >= 4 is 0 Å². The Morgan fingerprint density at radius 3 is 0.839 bits per heavy atom. The molecule has 0 saturated carbocycles. The second-order valence-corrected chi connectivity index (χ2v) is 18.1. The number of nitrogens with one attached hydrogen (secondary N) is 1. The first-order chi connectivity index (χ1) is 26.1. The summed E-state index contributed by atoms with van der Waals surface area (Å²) in [5, 5.41) is 12.9. The van der Waals surface area contributed by atoms with E-state index >= 15 is 0 Å². The SMILES string of the molecule is CC(O)CN(CCCN(C)C)CCCN(C)C.CN(C)CCCN(C)CCCN(C)C.CN(C)CCCNCCCN(C)C.CN(C)CCN(C)CCN(C)C. The fraction of sp³-hybridized carbons (Fsp3) is 1.00. The highest BCUT2D eigenvalue weighted by atomic mass is 16.3. The van der Waals surface area contributed by atoms with Crippen LogP contribution in [-0.4, -0.2) is 303 Å². The Kier molecular flexibility index (Phi) is 48.9. The average molecular weight is 807 g/mol. The smallest absolute Gasteiger partial charge is 0.0639 e. The molecule has 1 unspecified atom stereocenters. The minimum Gasteiger partial charge on any atom is -0.392 e. The van der Waals surface area contributed by atoms with E-state index < -0.39 is 0 Å². The first-order valence-corrected chi connectivity index (χ1v) is 21.7. The predicted octanol–water partition coefficient (Wildman–Crippen LogP) is 1.91. The second kappa shape index (κ2) is 44.0. The van der Waals surface area contributed by atoms with Gasteiger partial charge in [0.25, 0.3) is 0 Å². The minimum absolute atomic E-state index is 0.228. The van der Waals surface area contributed by atoms with Crippen molar-refractivity contribution in [3.8, 4) is 0 Å². The van der Waals surface area contributed by atoms with Crippen LogP contribution in [0.5, 0.6) is 0 Å². The molecule has 0 aromatic heterocycles. The van der Waals surface area contributed by atoms with Crippen molar-refractivity contribution in [2.24, 2.45) is 0 Å². The van der Waals surface area contributed by atoms with Crippen LogP contribution in [0.4, 0.5) is 0 Å². The van der Waals surface area contributed by atoms with Crippen molar-refractivity contribution < 1.29 is 5.11 Å². The molecular weight excluding hydrogens is 701 g/mol. The van der Waals surface area contributed by atoms with Crippen molar-refractivity contribution in [3.63, 3.8) is 0 Å². The van der Waals surface area contributed by atoms with Gasteiger partial charge in [0.05, 0.1) is 6.10 Å². The third-order valence-corrected chi connectivity index (χ3v) is 8.75. The third kappa shape index (κ3) is 65.3. The van der Waals surface area contributed by atoms with Crippen LogP contribution < -0.4 is 5.32 Å². The maximum Gasteiger partial charge on any atom is 0.0639 e. The average Bonchev–Trinajstić information content (AvgIpc) is 3.05. The van der Waals surface area contributed by atoms with Gasteiger partial charge in [0.2, 0.25) is 0 Å². The van der Waals surface area contributed by atoms with Crippen LogP contribution in [0.3, 0.4) is 0 Å².